The van der Waals surface area contributed by atoms with Crippen LogP contribution in [-0.2, 0) is 6.54 Å². The maximum atomic E-state index is 12.1. The van der Waals surface area contributed by atoms with Crippen LogP contribution in [0, 0.1) is 0 Å². The molecule has 82 valence electrons. The molecule has 1 heterocycles. The fourth-order valence-electron chi connectivity index (χ4n) is 1.48. The van der Waals surface area contributed by atoms with Crippen molar-refractivity contribution in [2.24, 2.45) is 0 Å². The second-order valence-corrected chi connectivity index (χ2v) is 3.52. The monoisotopic (exact) mass is 219 g/mol. The fourth-order valence-corrected chi connectivity index (χ4v) is 1.48. The highest BCUT2D eigenvalue weighted by Crippen LogP contribution is 2.41. The standard InChI is InChI=1S/C8H8F3N3O/c9-8(10,11)4-14-7(5-1-2-5)6(3-15)12-13-14/h3,5H,1-2,4H2. The lowest BCUT2D eigenvalue weighted by Gasteiger charge is -2.08. The molecule has 0 radical (unpaired) electrons. The average molecular weight is 219 g/mol. The molecule has 15 heavy (non-hydrogen) atoms. The lowest BCUT2D eigenvalue weighted by atomic mass is 10.2. The molecule has 0 spiro atoms. The highest BCUT2D eigenvalue weighted by molar-refractivity contribution is 5.73. The number of hydrogen-bond donors (Lipinski definition) is 0. The van der Waals surface area contributed by atoms with Crippen molar-refractivity contribution in [1.82, 2.24) is 15.0 Å². The van der Waals surface area contributed by atoms with E-state index in [1.54, 1.807) is 0 Å². The molecule has 0 aromatic carbocycles. The van der Waals surface area contributed by atoms with E-state index in [1.807, 2.05) is 0 Å². The van der Waals surface area contributed by atoms with Crippen LogP contribution in [0.15, 0.2) is 0 Å². The summed E-state index contributed by atoms with van der Waals surface area (Å²) in [6.07, 6.45) is -2.29. The lowest BCUT2D eigenvalue weighted by molar-refractivity contribution is -0.143. The van der Waals surface area contributed by atoms with Gasteiger partial charge in [-0.1, -0.05) is 5.21 Å². The van der Waals surface area contributed by atoms with Gasteiger partial charge in [0.1, 0.15) is 12.2 Å². The molecule has 0 N–H and O–H groups in total. The van der Waals surface area contributed by atoms with Gasteiger partial charge in [-0.05, 0) is 12.8 Å². The largest absolute Gasteiger partial charge is 0.408 e. The summed E-state index contributed by atoms with van der Waals surface area (Å²) >= 11 is 0. The van der Waals surface area contributed by atoms with Crippen LogP contribution in [0.2, 0.25) is 0 Å². The van der Waals surface area contributed by atoms with Gasteiger partial charge < -0.3 is 0 Å². The van der Waals surface area contributed by atoms with Crippen molar-refractivity contribution in [2.75, 3.05) is 0 Å². The molecule has 0 aliphatic heterocycles. The van der Waals surface area contributed by atoms with Gasteiger partial charge in [-0.2, -0.15) is 13.2 Å². The Bertz CT molecular complexity index is 381. The molecule has 4 nitrogen and oxygen atoms in total. The summed E-state index contributed by atoms with van der Waals surface area (Å²) in [5.41, 5.74) is 0.351. The Morgan fingerprint density at radius 1 is 1.47 bits per heavy atom. The van der Waals surface area contributed by atoms with Crippen LogP contribution in [0.3, 0.4) is 0 Å². The van der Waals surface area contributed by atoms with Crippen LogP contribution in [0.4, 0.5) is 13.2 Å². The van der Waals surface area contributed by atoms with Gasteiger partial charge >= 0.3 is 6.18 Å². The summed E-state index contributed by atoms with van der Waals surface area (Å²) in [7, 11) is 0. The predicted molar refractivity (Wildman–Crippen MR) is 43.4 cm³/mol. The molecule has 2 rings (SSSR count). The van der Waals surface area contributed by atoms with Crippen molar-refractivity contribution in [3.63, 3.8) is 0 Å². The Morgan fingerprint density at radius 3 is 2.60 bits per heavy atom. The van der Waals surface area contributed by atoms with Gasteiger partial charge in [-0.25, -0.2) is 4.68 Å². The average Bonchev–Trinajstić information content (AvgIpc) is 2.87. The maximum Gasteiger partial charge on any atom is 0.408 e. The fraction of sp³-hybridized carbons (Fsp3) is 0.625. The second kappa shape index (κ2) is 3.32. The van der Waals surface area contributed by atoms with E-state index in [-0.39, 0.29) is 11.6 Å². The third kappa shape index (κ3) is 2.16. The first kappa shape index (κ1) is 10.1. The topological polar surface area (TPSA) is 47.8 Å². The predicted octanol–water partition coefficient (Wildman–Crippen LogP) is 1.53. The Morgan fingerprint density at radius 2 is 2.13 bits per heavy atom. The van der Waals surface area contributed by atoms with Gasteiger partial charge in [0.15, 0.2) is 6.29 Å². The second-order valence-electron chi connectivity index (χ2n) is 3.52. The third-order valence-corrected chi connectivity index (χ3v) is 2.21. The molecule has 1 aromatic rings. The van der Waals surface area contributed by atoms with Crippen molar-refractivity contribution in [3.8, 4) is 0 Å². The van der Waals surface area contributed by atoms with Gasteiger partial charge in [0.05, 0.1) is 5.69 Å². The van der Waals surface area contributed by atoms with Gasteiger partial charge in [0.2, 0.25) is 0 Å². The van der Waals surface area contributed by atoms with Crippen LogP contribution in [-0.4, -0.2) is 27.5 Å². The zero-order chi connectivity index (χ0) is 11.1. The maximum absolute atomic E-state index is 12.1. The highest BCUT2D eigenvalue weighted by atomic mass is 19.4. The molecule has 1 aromatic heterocycles. The van der Waals surface area contributed by atoms with Gasteiger partial charge in [-0.3, -0.25) is 4.79 Å². The van der Waals surface area contributed by atoms with Crippen molar-refractivity contribution in [1.29, 1.82) is 0 Å². The van der Waals surface area contributed by atoms with E-state index in [2.05, 4.69) is 10.3 Å². The Balaban J connectivity index is 2.30. The summed E-state index contributed by atoms with van der Waals surface area (Å²) in [5, 5.41) is 6.77. The van der Waals surface area contributed by atoms with Crippen molar-refractivity contribution >= 4 is 6.29 Å². The number of rotatable bonds is 3. The van der Waals surface area contributed by atoms with Gasteiger partial charge in [0, 0.05) is 5.92 Å². The molecular formula is C8H8F3N3O. The number of halogens is 3. The molecular weight excluding hydrogens is 211 g/mol. The molecule has 1 aliphatic carbocycles. The summed E-state index contributed by atoms with van der Waals surface area (Å²) < 4.78 is 37.2. The minimum atomic E-state index is -4.34. The molecule has 0 bridgehead atoms. The van der Waals surface area contributed by atoms with Crippen LogP contribution >= 0.6 is 0 Å². The van der Waals surface area contributed by atoms with E-state index in [0.717, 1.165) is 17.5 Å². The van der Waals surface area contributed by atoms with Crippen LogP contribution in [0.5, 0.6) is 0 Å². The molecule has 1 fully saturated rings. The van der Waals surface area contributed by atoms with E-state index in [9.17, 15) is 18.0 Å². The highest BCUT2D eigenvalue weighted by Gasteiger charge is 2.36. The van der Waals surface area contributed by atoms with E-state index >= 15 is 0 Å². The first-order valence-electron chi connectivity index (χ1n) is 4.46. The van der Waals surface area contributed by atoms with Crippen molar-refractivity contribution in [3.05, 3.63) is 11.4 Å². The number of carbonyl (C=O) groups excluding carboxylic acids is 1. The molecule has 0 amide bonds. The van der Waals surface area contributed by atoms with E-state index in [4.69, 9.17) is 0 Å². The Hall–Kier alpha value is -1.40. The zero-order valence-electron chi connectivity index (χ0n) is 7.66. The summed E-state index contributed by atoms with van der Waals surface area (Å²) in [6.45, 7) is -1.18. The van der Waals surface area contributed by atoms with Crippen LogP contribution in [0.1, 0.15) is 34.9 Å². The normalized spacial score (nSPS) is 16.7. The molecule has 0 atom stereocenters. The van der Waals surface area contributed by atoms with Crippen LogP contribution < -0.4 is 0 Å². The van der Waals surface area contributed by atoms with Gasteiger partial charge in [0.25, 0.3) is 0 Å². The first-order chi connectivity index (χ1) is 7.01. The molecule has 0 saturated heterocycles. The number of nitrogens with zero attached hydrogens (tertiary/aromatic N) is 3. The zero-order valence-corrected chi connectivity index (χ0v) is 7.66. The van der Waals surface area contributed by atoms with E-state index < -0.39 is 12.7 Å². The third-order valence-electron chi connectivity index (χ3n) is 2.21. The molecule has 1 saturated carbocycles. The lowest BCUT2D eigenvalue weighted by Crippen LogP contribution is -2.20. The summed E-state index contributed by atoms with van der Waals surface area (Å²) in [5.74, 6) is 0.0162. The van der Waals surface area contributed by atoms with E-state index in [0.29, 0.717) is 12.0 Å². The summed E-state index contributed by atoms with van der Waals surface area (Å²) in [4.78, 5) is 10.5. The van der Waals surface area contributed by atoms with Crippen molar-refractivity contribution in [2.45, 2.75) is 31.5 Å². The quantitative estimate of drug-likeness (QED) is 0.724. The molecule has 7 heteroatoms. The SMILES string of the molecule is O=Cc1nnn(CC(F)(F)F)c1C1CC1. The number of carbonyl (C=O) groups is 1. The number of hydrogen-bond acceptors (Lipinski definition) is 3. The smallest absolute Gasteiger partial charge is 0.296 e. The number of aldehydes is 1. The Kier molecular flexibility index (Phi) is 2.24. The van der Waals surface area contributed by atoms with Crippen LogP contribution in [0.25, 0.3) is 0 Å². The van der Waals surface area contributed by atoms with Crippen molar-refractivity contribution < 1.29 is 18.0 Å². The minimum absolute atomic E-state index is 0.0162. The minimum Gasteiger partial charge on any atom is -0.296 e. The van der Waals surface area contributed by atoms with E-state index in [1.165, 1.54) is 0 Å². The van der Waals surface area contributed by atoms with Gasteiger partial charge in [-0.15, -0.1) is 5.10 Å². The molecule has 1 aliphatic rings. The summed E-state index contributed by atoms with van der Waals surface area (Å²) in [6, 6.07) is 0. The number of aromatic nitrogens is 3. The first-order valence-corrected chi connectivity index (χ1v) is 4.46. The number of alkyl halides is 3. The Labute approximate surface area is 83.1 Å². The molecule has 0 unspecified atom stereocenters.